The standard InChI is InChI=1S/C14H18N4OS/c1-2-5-15-12-10-11(3-6-16-12)14(19)18-7-4-13-17-8-9-20-13/h3,6,8-10H,2,4-5,7H2,1H3,(H,15,16)(H,18,19). The largest absolute Gasteiger partial charge is 0.370 e. The smallest absolute Gasteiger partial charge is 0.251 e. The summed E-state index contributed by atoms with van der Waals surface area (Å²) in [6.07, 6.45) is 5.20. The van der Waals surface area contributed by atoms with Crippen LogP contribution in [0.5, 0.6) is 0 Å². The summed E-state index contributed by atoms with van der Waals surface area (Å²) in [5.41, 5.74) is 0.623. The second-order valence-electron chi connectivity index (χ2n) is 4.29. The van der Waals surface area contributed by atoms with Crippen LogP contribution < -0.4 is 10.6 Å². The first-order valence-corrected chi connectivity index (χ1v) is 7.54. The van der Waals surface area contributed by atoms with Crippen molar-refractivity contribution in [3.8, 4) is 0 Å². The van der Waals surface area contributed by atoms with Gasteiger partial charge in [0.2, 0.25) is 0 Å². The van der Waals surface area contributed by atoms with E-state index in [-0.39, 0.29) is 5.91 Å². The molecule has 0 radical (unpaired) electrons. The number of hydrogen-bond acceptors (Lipinski definition) is 5. The molecule has 0 aliphatic heterocycles. The molecule has 2 aromatic rings. The van der Waals surface area contributed by atoms with Crippen molar-refractivity contribution in [2.45, 2.75) is 19.8 Å². The molecule has 0 aromatic carbocycles. The maximum atomic E-state index is 12.0. The average molecular weight is 290 g/mol. The minimum absolute atomic E-state index is 0.0801. The highest BCUT2D eigenvalue weighted by molar-refractivity contribution is 7.09. The third-order valence-corrected chi connectivity index (χ3v) is 3.53. The van der Waals surface area contributed by atoms with E-state index in [9.17, 15) is 4.79 Å². The Hall–Kier alpha value is -1.95. The third kappa shape index (κ3) is 4.31. The van der Waals surface area contributed by atoms with Crippen LogP contribution in [0.2, 0.25) is 0 Å². The fourth-order valence-corrected chi connectivity index (χ4v) is 2.30. The van der Waals surface area contributed by atoms with Gasteiger partial charge in [0.1, 0.15) is 5.82 Å². The predicted molar refractivity (Wildman–Crippen MR) is 81.2 cm³/mol. The van der Waals surface area contributed by atoms with Gasteiger partial charge in [-0.3, -0.25) is 4.79 Å². The van der Waals surface area contributed by atoms with Crippen LogP contribution in [0.3, 0.4) is 0 Å². The number of pyridine rings is 1. The van der Waals surface area contributed by atoms with E-state index >= 15 is 0 Å². The summed E-state index contributed by atoms with van der Waals surface area (Å²) in [7, 11) is 0. The van der Waals surface area contributed by atoms with Crippen LogP contribution in [0.1, 0.15) is 28.7 Å². The van der Waals surface area contributed by atoms with E-state index in [2.05, 4.69) is 27.5 Å². The molecule has 0 spiro atoms. The minimum Gasteiger partial charge on any atom is -0.370 e. The fraction of sp³-hybridized carbons (Fsp3) is 0.357. The topological polar surface area (TPSA) is 66.9 Å². The molecule has 2 N–H and O–H groups in total. The summed E-state index contributed by atoms with van der Waals surface area (Å²) in [5, 5.41) is 9.03. The molecule has 2 aromatic heterocycles. The van der Waals surface area contributed by atoms with Crippen LogP contribution in [0.15, 0.2) is 29.9 Å². The van der Waals surface area contributed by atoms with Gasteiger partial charge in [0.05, 0.1) is 5.01 Å². The highest BCUT2D eigenvalue weighted by Crippen LogP contribution is 2.07. The first-order valence-electron chi connectivity index (χ1n) is 6.66. The molecule has 0 fully saturated rings. The summed E-state index contributed by atoms with van der Waals surface area (Å²) in [5.74, 6) is 0.655. The maximum Gasteiger partial charge on any atom is 0.251 e. The van der Waals surface area contributed by atoms with Crippen LogP contribution in [-0.4, -0.2) is 29.0 Å². The predicted octanol–water partition coefficient (Wildman–Crippen LogP) is 2.33. The third-order valence-electron chi connectivity index (χ3n) is 2.69. The Morgan fingerprint density at radius 2 is 2.20 bits per heavy atom. The van der Waals surface area contributed by atoms with E-state index in [0.29, 0.717) is 12.1 Å². The van der Waals surface area contributed by atoms with E-state index in [4.69, 9.17) is 0 Å². The Morgan fingerprint density at radius 1 is 1.30 bits per heavy atom. The molecule has 0 bridgehead atoms. The SMILES string of the molecule is CCCNc1cc(C(=O)NCCc2nccs2)ccn1. The monoisotopic (exact) mass is 290 g/mol. The lowest BCUT2D eigenvalue weighted by atomic mass is 10.2. The van der Waals surface area contributed by atoms with Crippen molar-refractivity contribution in [2.75, 3.05) is 18.4 Å². The Morgan fingerprint density at radius 3 is 2.95 bits per heavy atom. The van der Waals surface area contributed by atoms with Crippen LogP contribution in [0, 0.1) is 0 Å². The van der Waals surface area contributed by atoms with E-state index in [1.54, 1.807) is 35.9 Å². The summed E-state index contributed by atoms with van der Waals surface area (Å²) < 4.78 is 0. The van der Waals surface area contributed by atoms with Crippen molar-refractivity contribution in [1.29, 1.82) is 0 Å². The van der Waals surface area contributed by atoms with Crippen LogP contribution in [-0.2, 0) is 6.42 Å². The number of nitrogens with zero attached hydrogens (tertiary/aromatic N) is 2. The first kappa shape index (κ1) is 14.5. The number of aromatic nitrogens is 2. The normalized spacial score (nSPS) is 10.2. The van der Waals surface area contributed by atoms with Crippen molar-refractivity contribution in [3.63, 3.8) is 0 Å². The van der Waals surface area contributed by atoms with Crippen LogP contribution in [0.4, 0.5) is 5.82 Å². The number of rotatable bonds is 7. The second kappa shape index (κ2) is 7.59. The summed E-state index contributed by atoms with van der Waals surface area (Å²) in [6, 6.07) is 3.49. The van der Waals surface area contributed by atoms with Crippen molar-refractivity contribution < 1.29 is 4.79 Å². The van der Waals surface area contributed by atoms with Gasteiger partial charge >= 0.3 is 0 Å². The average Bonchev–Trinajstić information content (AvgIpc) is 2.98. The lowest BCUT2D eigenvalue weighted by molar-refractivity contribution is 0.0954. The fourth-order valence-electron chi connectivity index (χ4n) is 1.68. The molecule has 2 heterocycles. The number of carbonyl (C=O) groups excluding carboxylic acids is 1. The summed E-state index contributed by atoms with van der Waals surface area (Å²) >= 11 is 1.60. The minimum atomic E-state index is -0.0801. The number of thiazole rings is 1. The van der Waals surface area contributed by atoms with Crippen molar-refractivity contribution >= 4 is 23.1 Å². The number of hydrogen-bond donors (Lipinski definition) is 2. The Labute approximate surface area is 122 Å². The second-order valence-corrected chi connectivity index (χ2v) is 5.27. The van der Waals surface area contributed by atoms with E-state index in [0.717, 1.165) is 30.2 Å². The summed E-state index contributed by atoms with van der Waals surface area (Å²) in [6.45, 7) is 3.52. The Bertz CT molecular complexity index is 542. The number of nitrogens with one attached hydrogen (secondary N) is 2. The number of carbonyl (C=O) groups is 1. The lowest BCUT2D eigenvalue weighted by Crippen LogP contribution is -2.25. The van der Waals surface area contributed by atoms with E-state index in [1.165, 1.54) is 0 Å². The first-order chi connectivity index (χ1) is 9.79. The quantitative estimate of drug-likeness (QED) is 0.821. The molecule has 106 valence electrons. The molecule has 0 atom stereocenters. The van der Waals surface area contributed by atoms with Gasteiger partial charge in [0.25, 0.3) is 5.91 Å². The maximum absolute atomic E-state index is 12.0. The molecule has 0 saturated carbocycles. The molecule has 6 heteroatoms. The Balaban J connectivity index is 1.85. The van der Waals surface area contributed by atoms with Crippen LogP contribution >= 0.6 is 11.3 Å². The van der Waals surface area contributed by atoms with Gasteiger partial charge in [0, 0.05) is 42.8 Å². The molecule has 1 amide bonds. The van der Waals surface area contributed by atoms with Gasteiger partial charge in [-0.25, -0.2) is 9.97 Å². The molecule has 0 unspecified atom stereocenters. The van der Waals surface area contributed by atoms with Gasteiger partial charge in [-0.2, -0.15) is 0 Å². The number of anilines is 1. The highest BCUT2D eigenvalue weighted by atomic mass is 32.1. The zero-order valence-electron chi connectivity index (χ0n) is 11.4. The molecule has 0 saturated heterocycles. The summed E-state index contributed by atoms with van der Waals surface area (Å²) in [4.78, 5) is 20.4. The van der Waals surface area contributed by atoms with Crippen LogP contribution in [0.25, 0.3) is 0 Å². The molecule has 2 rings (SSSR count). The van der Waals surface area contributed by atoms with Gasteiger partial charge < -0.3 is 10.6 Å². The van der Waals surface area contributed by atoms with Gasteiger partial charge in [-0.1, -0.05) is 6.92 Å². The van der Waals surface area contributed by atoms with E-state index < -0.39 is 0 Å². The van der Waals surface area contributed by atoms with E-state index in [1.807, 2.05) is 5.38 Å². The Kier molecular flexibility index (Phi) is 5.49. The molecule has 20 heavy (non-hydrogen) atoms. The van der Waals surface area contributed by atoms with Gasteiger partial charge in [-0.05, 0) is 18.6 Å². The molecule has 5 nitrogen and oxygen atoms in total. The highest BCUT2D eigenvalue weighted by Gasteiger charge is 2.06. The lowest BCUT2D eigenvalue weighted by Gasteiger charge is -2.07. The van der Waals surface area contributed by atoms with Gasteiger partial charge in [0.15, 0.2) is 0 Å². The molecular weight excluding hydrogens is 272 g/mol. The molecular formula is C14H18N4OS. The zero-order chi connectivity index (χ0) is 14.2. The molecule has 0 aliphatic carbocycles. The zero-order valence-corrected chi connectivity index (χ0v) is 12.2. The van der Waals surface area contributed by atoms with Gasteiger partial charge in [-0.15, -0.1) is 11.3 Å². The van der Waals surface area contributed by atoms with Crippen molar-refractivity contribution in [3.05, 3.63) is 40.5 Å². The van der Waals surface area contributed by atoms with Crippen molar-refractivity contribution in [1.82, 2.24) is 15.3 Å². The molecule has 0 aliphatic rings. The number of amides is 1. The van der Waals surface area contributed by atoms with Crippen molar-refractivity contribution in [2.24, 2.45) is 0 Å².